The van der Waals surface area contributed by atoms with Crippen LogP contribution in [0.15, 0.2) is 48.8 Å². The molecular weight excluding hydrogens is 559 g/mol. The first kappa shape index (κ1) is 30.0. The minimum absolute atomic E-state index is 0.0881. The first-order chi connectivity index (χ1) is 20.6. The fourth-order valence-electron chi connectivity index (χ4n) is 5.19. The minimum atomic E-state index is -4.65. The maximum Gasteiger partial charge on any atom is 0.433 e. The van der Waals surface area contributed by atoms with Crippen molar-refractivity contribution in [2.24, 2.45) is 5.92 Å². The summed E-state index contributed by atoms with van der Waals surface area (Å²) >= 11 is 0. The molecule has 43 heavy (non-hydrogen) atoms. The SMILES string of the molecule is CC(=O)N1CCC(C#Cc2ncc(-c3cc(NC(=O)c4ccnc(C(F)(F)F)c4)ccc3C)cc2N2CCOCC2)CC1. The number of likely N-dealkylation sites (tertiary alicyclic amines) is 1. The van der Waals surface area contributed by atoms with Crippen LogP contribution < -0.4 is 10.2 Å². The third-order valence-corrected chi connectivity index (χ3v) is 7.67. The second kappa shape index (κ2) is 12.8. The highest BCUT2D eigenvalue weighted by molar-refractivity contribution is 6.04. The van der Waals surface area contributed by atoms with Crippen LogP contribution in [0.3, 0.4) is 0 Å². The summed E-state index contributed by atoms with van der Waals surface area (Å²) in [4.78, 5) is 36.6. The quantitative estimate of drug-likeness (QED) is 0.422. The van der Waals surface area contributed by atoms with E-state index in [-0.39, 0.29) is 17.4 Å². The van der Waals surface area contributed by atoms with Crippen LogP contribution in [0, 0.1) is 24.7 Å². The van der Waals surface area contributed by atoms with Crippen molar-refractivity contribution in [1.29, 1.82) is 0 Å². The Morgan fingerprint density at radius 2 is 1.77 bits per heavy atom. The number of aromatic nitrogens is 2. The van der Waals surface area contributed by atoms with Gasteiger partial charge in [-0.05, 0) is 67.1 Å². The Labute approximate surface area is 248 Å². The van der Waals surface area contributed by atoms with Crippen LogP contribution in [0.2, 0.25) is 0 Å². The largest absolute Gasteiger partial charge is 0.433 e. The second-order valence-corrected chi connectivity index (χ2v) is 10.7. The number of anilines is 2. The molecule has 5 rings (SSSR count). The Morgan fingerprint density at radius 1 is 1.02 bits per heavy atom. The smallest absolute Gasteiger partial charge is 0.378 e. The lowest BCUT2D eigenvalue weighted by Crippen LogP contribution is -2.37. The van der Waals surface area contributed by atoms with E-state index in [1.54, 1.807) is 25.3 Å². The monoisotopic (exact) mass is 591 g/mol. The highest BCUT2D eigenvalue weighted by Crippen LogP contribution is 2.32. The Balaban J connectivity index is 1.41. The van der Waals surface area contributed by atoms with Gasteiger partial charge in [0.05, 0.1) is 18.9 Å². The first-order valence-corrected chi connectivity index (χ1v) is 14.1. The normalized spacial score (nSPS) is 15.9. The van der Waals surface area contributed by atoms with E-state index in [9.17, 15) is 22.8 Å². The molecule has 0 atom stereocenters. The van der Waals surface area contributed by atoms with Gasteiger partial charge in [0.15, 0.2) is 0 Å². The number of hydrogen-bond donors (Lipinski definition) is 1. The summed E-state index contributed by atoms with van der Waals surface area (Å²) in [6.45, 7) is 7.50. The van der Waals surface area contributed by atoms with Crippen molar-refractivity contribution in [2.45, 2.75) is 32.9 Å². The Morgan fingerprint density at radius 3 is 2.47 bits per heavy atom. The van der Waals surface area contributed by atoms with Gasteiger partial charge >= 0.3 is 6.18 Å². The number of carbonyl (C=O) groups is 2. The van der Waals surface area contributed by atoms with Gasteiger partial charge in [-0.1, -0.05) is 12.0 Å². The van der Waals surface area contributed by atoms with E-state index in [0.717, 1.165) is 47.5 Å². The lowest BCUT2D eigenvalue weighted by Gasteiger charge is -2.30. The number of rotatable bonds is 4. The van der Waals surface area contributed by atoms with Crippen molar-refractivity contribution in [3.05, 3.63) is 71.3 Å². The average Bonchev–Trinajstić information content (AvgIpc) is 3.01. The van der Waals surface area contributed by atoms with E-state index >= 15 is 0 Å². The molecule has 4 heterocycles. The average molecular weight is 592 g/mol. The van der Waals surface area contributed by atoms with Gasteiger partial charge in [-0.25, -0.2) is 4.98 Å². The van der Waals surface area contributed by atoms with Crippen LogP contribution in [0.25, 0.3) is 11.1 Å². The van der Waals surface area contributed by atoms with Crippen molar-refractivity contribution < 1.29 is 27.5 Å². The molecule has 1 N–H and O–H groups in total. The van der Waals surface area contributed by atoms with Gasteiger partial charge < -0.3 is 19.9 Å². The molecule has 0 aliphatic carbocycles. The first-order valence-electron chi connectivity index (χ1n) is 14.1. The predicted octanol–water partition coefficient (Wildman–Crippen LogP) is 5.17. The molecule has 2 aliphatic heterocycles. The number of amides is 2. The summed E-state index contributed by atoms with van der Waals surface area (Å²) in [7, 11) is 0. The molecule has 0 saturated carbocycles. The number of halogens is 3. The molecule has 2 aromatic heterocycles. The molecule has 0 spiro atoms. The molecule has 2 aliphatic rings. The Bertz CT molecular complexity index is 1570. The summed E-state index contributed by atoms with van der Waals surface area (Å²) in [6.07, 6.45) is -0.282. The molecular formula is C32H32F3N5O3. The molecule has 0 radical (unpaired) electrons. The molecule has 3 aromatic rings. The van der Waals surface area contributed by atoms with Gasteiger partial charge in [0.2, 0.25) is 5.91 Å². The topological polar surface area (TPSA) is 87.7 Å². The molecule has 1 aromatic carbocycles. The zero-order chi connectivity index (χ0) is 30.6. The van der Waals surface area contributed by atoms with E-state index in [2.05, 4.69) is 27.0 Å². The zero-order valence-corrected chi connectivity index (χ0v) is 24.0. The summed E-state index contributed by atoms with van der Waals surface area (Å²) in [6, 6.07) is 9.34. The number of ether oxygens (including phenoxy) is 1. The van der Waals surface area contributed by atoms with Crippen LogP contribution in [-0.2, 0) is 15.7 Å². The molecule has 2 saturated heterocycles. The summed E-state index contributed by atoms with van der Waals surface area (Å²) in [5.74, 6) is 6.28. The predicted molar refractivity (Wildman–Crippen MR) is 156 cm³/mol. The van der Waals surface area contributed by atoms with Gasteiger partial charge in [-0.3, -0.25) is 14.6 Å². The number of aryl methyl sites for hydroxylation is 1. The van der Waals surface area contributed by atoms with Gasteiger partial charge in [-0.2, -0.15) is 13.2 Å². The summed E-state index contributed by atoms with van der Waals surface area (Å²) in [5.41, 5.74) is 3.29. The van der Waals surface area contributed by atoms with Crippen LogP contribution >= 0.6 is 0 Å². The van der Waals surface area contributed by atoms with E-state index in [1.165, 1.54) is 6.07 Å². The van der Waals surface area contributed by atoms with Crippen LogP contribution in [0.1, 0.15) is 47.1 Å². The van der Waals surface area contributed by atoms with Gasteiger partial charge in [0.25, 0.3) is 5.91 Å². The molecule has 2 amide bonds. The Kier molecular flexibility index (Phi) is 8.97. The second-order valence-electron chi connectivity index (χ2n) is 10.7. The Hall–Kier alpha value is -4.43. The van der Waals surface area contributed by atoms with Gasteiger partial charge in [0, 0.05) is 68.2 Å². The molecule has 224 valence electrons. The molecule has 2 fully saturated rings. The fraction of sp³-hybridized carbons (Fsp3) is 0.375. The number of morpholine rings is 1. The third kappa shape index (κ3) is 7.32. The van der Waals surface area contributed by atoms with E-state index in [1.807, 2.05) is 24.0 Å². The minimum Gasteiger partial charge on any atom is -0.378 e. The van der Waals surface area contributed by atoms with E-state index in [4.69, 9.17) is 9.72 Å². The van der Waals surface area contributed by atoms with Crippen LogP contribution in [-0.4, -0.2) is 66.1 Å². The maximum absolute atomic E-state index is 13.1. The fourth-order valence-corrected chi connectivity index (χ4v) is 5.19. The van der Waals surface area contributed by atoms with Gasteiger partial charge in [-0.15, -0.1) is 0 Å². The molecule has 0 unspecified atom stereocenters. The lowest BCUT2D eigenvalue weighted by atomic mass is 9.97. The van der Waals surface area contributed by atoms with Crippen LogP contribution in [0.5, 0.6) is 0 Å². The number of carbonyl (C=O) groups excluding carboxylic acids is 2. The maximum atomic E-state index is 13.1. The third-order valence-electron chi connectivity index (χ3n) is 7.67. The van der Waals surface area contributed by atoms with Crippen molar-refractivity contribution in [2.75, 3.05) is 49.6 Å². The van der Waals surface area contributed by atoms with Crippen molar-refractivity contribution in [3.8, 4) is 23.0 Å². The number of pyridine rings is 2. The molecule has 0 bridgehead atoms. The van der Waals surface area contributed by atoms with Crippen molar-refractivity contribution in [1.82, 2.24) is 14.9 Å². The standard InChI is InChI=1S/C32H32F3N5O3/c1-21-3-5-26(38-31(42)24-7-10-36-30(18-24)32(33,34)35)19-27(21)25-17-29(40-13-15-43-16-14-40)28(37-20-25)6-4-23-8-11-39(12-9-23)22(2)41/h3,5,7,10,17-20,23H,8-9,11-16H2,1-2H3,(H,38,42). The number of hydrogen-bond acceptors (Lipinski definition) is 6. The zero-order valence-electron chi connectivity index (χ0n) is 24.0. The van der Waals surface area contributed by atoms with E-state index in [0.29, 0.717) is 50.8 Å². The van der Waals surface area contributed by atoms with E-state index < -0.39 is 17.8 Å². The highest BCUT2D eigenvalue weighted by Gasteiger charge is 2.33. The lowest BCUT2D eigenvalue weighted by molar-refractivity contribution is -0.141. The number of alkyl halides is 3. The van der Waals surface area contributed by atoms with Crippen LogP contribution in [0.4, 0.5) is 24.5 Å². The molecule has 11 heteroatoms. The highest BCUT2D eigenvalue weighted by atomic mass is 19.4. The number of benzene rings is 1. The van der Waals surface area contributed by atoms with Crippen molar-refractivity contribution in [3.63, 3.8) is 0 Å². The number of nitrogens with zero attached hydrogens (tertiary/aromatic N) is 4. The van der Waals surface area contributed by atoms with Gasteiger partial charge in [0.1, 0.15) is 11.4 Å². The number of nitrogens with one attached hydrogen (secondary N) is 1. The summed E-state index contributed by atoms with van der Waals surface area (Å²) < 4.78 is 44.8. The molecule has 8 nitrogen and oxygen atoms in total. The number of piperidine rings is 1. The van der Waals surface area contributed by atoms with Crippen molar-refractivity contribution >= 4 is 23.2 Å². The summed E-state index contributed by atoms with van der Waals surface area (Å²) in [5, 5.41) is 2.70.